The van der Waals surface area contributed by atoms with Crippen LogP contribution in [-0.4, -0.2) is 98.0 Å². The van der Waals surface area contributed by atoms with Crippen LogP contribution in [0.4, 0.5) is 0 Å². The van der Waals surface area contributed by atoms with Gasteiger partial charge in [0.25, 0.3) is 0 Å². The molecule has 3 amide bonds. The van der Waals surface area contributed by atoms with Gasteiger partial charge in [-0.2, -0.15) is 0 Å². The molecule has 1 heterocycles. The van der Waals surface area contributed by atoms with Gasteiger partial charge in [-0.25, -0.2) is 4.79 Å². The van der Waals surface area contributed by atoms with Crippen molar-refractivity contribution in [1.82, 2.24) is 15.5 Å². The van der Waals surface area contributed by atoms with Crippen LogP contribution >= 0.6 is 0 Å². The Balaban J connectivity index is 2.94. The zero-order valence-corrected chi connectivity index (χ0v) is 16.6. The molecule has 0 aliphatic carbocycles. The van der Waals surface area contributed by atoms with Crippen LogP contribution in [0.3, 0.4) is 0 Å². The molecule has 1 saturated heterocycles. The highest BCUT2D eigenvalue weighted by Crippen LogP contribution is 2.20. The summed E-state index contributed by atoms with van der Waals surface area (Å²) >= 11 is 0. The van der Waals surface area contributed by atoms with Crippen molar-refractivity contribution in [2.24, 2.45) is 5.73 Å². The van der Waals surface area contributed by atoms with Crippen molar-refractivity contribution in [1.29, 1.82) is 0 Å². The van der Waals surface area contributed by atoms with E-state index in [0.717, 1.165) is 4.90 Å². The lowest BCUT2D eigenvalue weighted by atomic mass is 10.1. The Morgan fingerprint density at radius 1 is 0.966 bits per heavy atom. The first-order valence-electron chi connectivity index (χ1n) is 9.32. The average Bonchev–Trinajstić information content (AvgIpc) is 3.11. The van der Waals surface area contributed by atoms with E-state index in [4.69, 9.17) is 10.8 Å². The predicted molar refractivity (Wildman–Crippen MR) is 99.3 cm³/mol. The summed E-state index contributed by atoms with van der Waals surface area (Å²) < 4.78 is 0. The second kappa shape index (κ2) is 10.5. The van der Waals surface area contributed by atoms with Crippen LogP contribution < -0.4 is 16.4 Å². The van der Waals surface area contributed by atoms with E-state index in [2.05, 4.69) is 10.6 Å². The number of nitrogens with zero attached hydrogens (tertiary/aromatic N) is 1. The maximum atomic E-state index is 12.9. The SMILES string of the molecule is CC(O)C(N)C(=O)NC(C(=O)N1CCCC1C(=O)NC(C(=O)O)C(C)O)C(C)O. The van der Waals surface area contributed by atoms with Crippen molar-refractivity contribution in [2.45, 2.75) is 76.1 Å². The molecule has 1 aliphatic rings. The Morgan fingerprint density at radius 3 is 1.97 bits per heavy atom. The maximum Gasteiger partial charge on any atom is 0.328 e. The van der Waals surface area contributed by atoms with Crippen LogP contribution in [-0.2, 0) is 19.2 Å². The van der Waals surface area contributed by atoms with Crippen LogP contribution in [0.5, 0.6) is 0 Å². The highest BCUT2D eigenvalue weighted by Gasteiger charge is 2.41. The van der Waals surface area contributed by atoms with Crippen molar-refractivity contribution < 1.29 is 39.6 Å². The third-order valence-electron chi connectivity index (χ3n) is 4.75. The summed E-state index contributed by atoms with van der Waals surface area (Å²) in [6.45, 7) is 3.94. The number of hydrogen-bond donors (Lipinski definition) is 7. The van der Waals surface area contributed by atoms with Gasteiger partial charge < -0.3 is 41.7 Å². The number of aliphatic carboxylic acids is 1. The average molecular weight is 418 g/mol. The topological polar surface area (TPSA) is 203 Å². The number of aliphatic hydroxyl groups excluding tert-OH is 3. The molecule has 0 saturated carbocycles. The molecule has 1 fully saturated rings. The lowest BCUT2D eigenvalue weighted by molar-refractivity contribution is -0.147. The number of carbonyl (C=O) groups excluding carboxylic acids is 3. The zero-order chi connectivity index (χ0) is 22.5. The van der Waals surface area contributed by atoms with E-state index in [-0.39, 0.29) is 13.0 Å². The van der Waals surface area contributed by atoms with Crippen molar-refractivity contribution in [2.75, 3.05) is 6.54 Å². The van der Waals surface area contributed by atoms with Gasteiger partial charge in [0.05, 0.1) is 18.3 Å². The van der Waals surface area contributed by atoms with Gasteiger partial charge in [0, 0.05) is 6.54 Å². The second-order valence-electron chi connectivity index (χ2n) is 7.25. The van der Waals surface area contributed by atoms with Gasteiger partial charge in [-0.1, -0.05) is 0 Å². The monoisotopic (exact) mass is 418 g/mol. The Kier molecular flexibility index (Phi) is 8.95. The Morgan fingerprint density at radius 2 is 1.52 bits per heavy atom. The van der Waals surface area contributed by atoms with Crippen molar-refractivity contribution in [3.8, 4) is 0 Å². The van der Waals surface area contributed by atoms with Crippen LogP contribution in [0.1, 0.15) is 33.6 Å². The van der Waals surface area contributed by atoms with Gasteiger partial charge >= 0.3 is 5.97 Å². The molecule has 7 atom stereocenters. The standard InChI is InChI=1S/C17H30N4O8/c1-7(22)11(18)15(26)19-12(8(2)23)16(27)21-6-4-5-10(21)14(25)20-13(9(3)24)17(28)29/h7-13,22-24H,4-6,18H2,1-3H3,(H,19,26)(H,20,25)(H,28,29). The number of carbonyl (C=O) groups is 4. The number of carboxylic acids is 1. The number of aliphatic hydroxyl groups is 3. The fraction of sp³-hybridized carbons (Fsp3) is 0.765. The number of carboxylic acid groups (broad SMARTS) is 1. The second-order valence-corrected chi connectivity index (χ2v) is 7.25. The van der Waals surface area contributed by atoms with Gasteiger partial charge in [-0.05, 0) is 33.6 Å². The number of nitrogens with two attached hydrogens (primary N) is 1. The zero-order valence-electron chi connectivity index (χ0n) is 16.6. The molecule has 29 heavy (non-hydrogen) atoms. The normalized spacial score (nSPS) is 22.7. The van der Waals surface area contributed by atoms with Crippen LogP contribution in [0.2, 0.25) is 0 Å². The lowest BCUT2D eigenvalue weighted by Gasteiger charge is -2.31. The van der Waals surface area contributed by atoms with Gasteiger partial charge in [0.1, 0.15) is 18.1 Å². The number of rotatable bonds is 9. The van der Waals surface area contributed by atoms with E-state index in [1.807, 2.05) is 0 Å². The highest BCUT2D eigenvalue weighted by atomic mass is 16.4. The fourth-order valence-electron chi connectivity index (χ4n) is 2.98. The van der Waals surface area contributed by atoms with Crippen LogP contribution in [0.15, 0.2) is 0 Å². The summed E-state index contributed by atoms with van der Waals surface area (Å²) in [6, 6.07) is -5.29. The fourth-order valence-corrected chi connectivity index (χ4v) is 2.98. The number of likely N-dealkylation sites (tertiary alicyclic amines) is 1. The molecule has 1 aliphatic heterocycles. The first-order valence-corrected chi connectivity index (χ1v) is 9.32. The molecule has 12 nitrogen and oxygen atoms in total. The molecule has 1 rings (SSSR count). The summed E-state index contributed by atoms with van der Waals surface area (Å²) in [5.74, 6) is -3.78. The largest absolute Gasteiger partial charge is 0.480 e. The number of amides is 3. The molecule has 0 spiro atoms. The van der Waals surface area contributed by atoms with Gasteiger partial charge in [0.2, 0.25) is 17.7 Å². The number of hydrogen-bond acceptors (Lipinski definition) is 8. The van der Waals surface area contributed by atoms with E-state index in [1.54, 1.807) is 0 Å². The molecule has 8 N–H and O–H groups in total. The van der Waals surface area contributed by atoms with Crippen LogP contribution in [0, 0.1) is 0 Å². The molecule has 0 aromatic heterocycles. The lowest BCUT2D eigenvalue weighted by Crippen LogP contribution is -2.61. The van der Waals surface area contributed by atoms with Gasteiger partial charge in [0.15, 0.2) is 6.04 Å². The molecule has 0 aromatic rings. The molecule has 12 heteroatoms. The van der Waals surface area contributed by atoms with Crippen molar-refractivity contribution >= 4 is 23.7 Å². The summed E-state index contributed by atoms with van der Waals surface area (Å²) in [6.07, 6.45) is -3.16. The summed E-state index contributed by atoms with van der Waals surface area (Å²) in [7, 11) is 0. The third kappa shape index (κ3) is 6.35. The number of nitrogens with one attached hydrogen (secondary N) is 2. The molecule has 7 unspecified atom stereocenters. The maximum absolute atomic E-state index is 12.9. The van der Waals surface area contributed by atoms with Crippen molar-refractivity contribution in [3.63, 3.8) is 0 Å². The Labute approximate surface area is 168 Å². The minimum absolute atomic E-state index is 0.158. The quantitative estimate of drug-likeness (QED) is 0.198. The first-order chi connectivity index (χ1) is 13.4. The molecular formula is C17H30N4O8. The summed E-state index contributed by atoms with van der Waals surface area (Å²) in [5.41, 5.74) is 5.54. The Hall–Kier alpha value is -2.28. The molecule has 0 aromatic carbocycles. The first kappa shape index (κ1) is 24.8. The molecule has 0 radical (unpaired) electrons. The molecule has 166 valence electrons. The molecular weight excluding hydrogens is 388 g/mol. The van der Waals surface area contributed by atoms with E-state index in [9.17, 15) is 34.5 Å². The van der Waals surface area contributed by atoms with E-state index in [1.165, 1.54) is 20.8 Å². The van der Waals surface area contributed by atoms with E-state index in [0.29, 0.717) is 6.42 Å². The summed E-state index contributed by atoms with van der Waals surface area (Å²) in [4.78, 5) is 49.8. The van der Waals surface area contributed by atoms with Crippen LogP contribution in [0.25, 0.3) is 0 Å². The predicted octanol–water partition coefficient (Wildman–Crippen LogP) is -3.50. The van der Waals surface area contributed by atoms with Crippen molar-refractivity contribution in [3.05, 3.63) is 0 Å². The highest BCUT2D eigenvalue weighted by molar-refractivity contribution is 5.95. The van der Waals surface area contributed by atoms with Gasteiger partial charge in [-0.3, -0.25) is 14.4 Å². The van der Waals surface area contributed by atoms with E-state index < -0.39 is 66.2 Å². The Bertz CT molecular complexity index is 625. The molecule has 0 bridgehead atoms. The smallest absolute Gasteiger partial charge is 0.328 e. The van der Waals surface area contributed by atoms with Gasteiger partial charge in [-0.15, -0.1) is 0 Å². The third-order valence-corrected chi connectivity index (χ3v) is 4.75. The summed E-state index contributed by atoms with van der Waals surface area (Å²) in [5, 5.41) is 42.5. The minimum Gasteiger partial charge on any atom is -0.480 e. The minimum atomic E-state index is -1.55. The van der Waals surface area contributed by atoms with E-state index >= 15 is 0 Å².